The van der Waals surface area contributed by atoms with E-state index in [2.05, 4.69) is 175 Å². The number of nitrogens with two attached hydrogens (primary N) is 5. The second-order valence-corrected chi connectivity index (χ2v) is 20.3. The van der Waals surface area contributed by atoms with Crippen LogP contribution in [0.4, 0.5) is 0 Å². The van der Waals surface area contributed by atoms with Crippen molar-refractivity contribution < 1.29 is 72.2 Å². The van der Waals surface area contributed by atoms with Crippen molar-refractivity contribution in [3.63, 3.8) is 0 Å². The number of benzene rings is 2. The van der Waals surface area contributed by atoms with Crippen LogP contribution in [-0.4, -0.2) is 180 Å². The first-order valence-electron chi connectivity index (χ1n) is 33.6. The SMILES string of the molecule is C=O.C=O.C=O.C=O.C=O.C=O.C=O.C=O.C=O.C=O.C=O.CC(=O)N(C)[C@@H](Cc1ccccc1)C(=O)N[C@@H](C)C(=O)N1CCCCC1.CC(C)O.CCC(C)C.CCC(C)C.CCC(C)C.CCC(C)C.CCC1=CCCC=C1.CCCCN.CCc1ccccc1.CN.CN.CN.CN.N.N.N.N.N. The highest BCUT2D eigenvalue weighted by molar-refractivity contribution is 5.91. The van der Waals surface area contributed by atoms with Crippen LogP contribution in [0.5, 0.6) is 0 Å². The van der Waals surface area contributed by atoms with Crippen molar-refractivity contribution in [2.24, 2.45) is 52.3 Å². The van der Waals surface area contributed by atoms with Crippen molar-refractivity contribution in [3.8, 4) is 0 Å². The molecule has 1 fully saturated rings. The Hall–Kier alpha value is -7.74. The number of aliphatic hydroxyl groups excluding tert-OH is 1. The van der Waals surface area contributed by atoms with Gasteiger partial charge in [-0.3, -0.25) is 14.4 Å². The van der Waals surface area contributed by atoms with Crippen molar-refractivity contribution in [3.05, 3.63) is 95.6 Å². The van der Waals surface area contributed by atoms with E-state index in [1.807, 2.05) is 116 Å². The van der Waals surface area contributed by atoms with E-state index in [1.165, 1.54) is 109 Å². The van der Waals surface area contributed by atoms with E-state index in [9.17, 15) is 14.4 Å². The van der Waals surface area contributed by atoms with Gasteiger partial charge in [-0.2, -0.15) is 0 Å². The summed E-state index contributed by atoms with van der Waals surface area (Å²) in [5.41, 5.74) is 27.0. The van der Waals surface area contributed by atoms with E-state index < -0.39 is 12.1 Å². The Morgan fingerprint density at radius 3 is 0.925 bits per heavy atom. The predicted octanol–water partition coefficient (Wildman–Crippen LogP) is 12.9. The third-order valence-corrected chi connectivity index (χ3v) is 11.5. The highest BCUT2D eigenvalue weighted by Crippen LogP contribution is 2.13. The number of rotatable bonds is 14. The summed E-state index contributed by atoms with van der Waals surface area (Å²) >= 11 is 0. The molecule has 1 saturated heterocycles. The number of unbranched alkanes of at least 4 members (excludes halogenated alkanes) is 1. The first kappa shape index (κ1) is 173. The fourth-order valence-electron chi connectivity index (χ4n) is 5.07. The van der Waals surface area contributed by atoms with Gasteiger partial charge < -0.3 is 132 Å². The second kappa shape index (κ2) is 193. The average Bonchev–Trinajstić information content (AvgIpc) is 0.887. The van der Waals surface area contributed by atoms with Crippen molar-refractivity contribution >= 4 is 92.4 Å². The molecule has 27 N–H and O–H groups in total. The molecular formula is C78H175N13O15. The maximum atomic E-state index is 12.8. The number of amides is 3. The minimum atomic E-state index is -0.647. The zero-order valence-corrected chi connectivity index (χ0v) is 72.3. The molecule has 642 valence electrons. The van der Waals surface area contributed by atoms with Gasteiger partial charge >= 0.3 is 0 Å². The zero-order valence-electron chi connectivity index (χ0n) is 72.3. The number of likely N-dealkylation sites (N-methyl/N-ethyl adjacent to an activating group) is 1. The van der Waals surface area contributed by atoms with Crippen LogP contribution in [0.1, 0.15) is 220 Å². The second-order valence-electron chi connectivity index (χ2n) is 20.3. The van der Waals surface area contributed by atoms with Gasteiger partial charge in [-0.05, 0) is 142 Å². The van der Waals surface area contributed by atoms with Crippen molar-refractivity contribution in [1.29, 1.82) is 0 Å². The summed E-state index contributed by atoms with van der Waals surface area (Å²) < 4.78 is 0. The molecule has 2 aromatic carbocycles. The molecule has 1 aliphatic carbocycles. The van der Waals surface area contributed by atoms with Crippen molar-refractivity contribution in [2.45, 2.75) is 240 Å². The number of aliphatic hydroxyl groups is 1. The van der Waals surface area contributed by atoms with Crippen LogP contribution < -0.4 is 64.7 Å². The number of hydrogen-bond donors (Lipinski definition) is 12. The Morgan fingerprint density at radius 2 is 0.745 bits per heavy atom. The standard InChI is InChI=1S/C20H29N3O3.C8H12.C8H10.4C5H12.C4H11N.C3H8O.4CH5N.11CH2O.5H3N/c1-15(20(26)23-12-8-5-9-13-23)21-19(25)18(22(3)16(2)24)14-17-10-6-4-7-11-17;2*1-2-8-6-4-3-5-7-8;4*1-4-5(2)3;1-2-3-4-5;1-3(2)4;15*1-2;;;;;/h4,6-7,10-11,15,18H,5,8-9,12-14H2,1-3H3,(H,21,25);4,6-7H,2-3,5H2,1H3;3-7H,2H2,1H3;4*5H,4H2,1-3H3;2-5H2,1H3;3-4H,1-2H3;4*2H2,1H3;11*1H2;5*1H3/t15-,18-;;;;;;;;;;;;;;;;;;;;;;;;;;;;/m0............................/s1. The van der Waals surface area contributed by atoms with Gasteiger partial charge in [0.05, 0.1) is 0 Å². The highest BCUT2D eigenvalue weighted by Gasteiger charge is 2.30. The molecule has 4 rings (SSSR count). The molecule has 2 aliphatic rings. The van der Waals surface area contributed by atoms with Crippen LogP contribution in [0, 0.1) is 23.7 Å². The number of nitrogens with zero attached hydrogens (tertiary/aromatic N) is 2. The summed E-state index contributed by atoms with van der Waals surface area (Å²) in [6.07, 6.45) is 22.6. The normalized spacial score (nSPS) is 9.31. The molecule has 0 bridgehead atoms. The third-order valence-electron chi connectivity index (χ3n) is 11.5. The Labute approximate surface area is 650 Å². The summed E-state index contributed by atoms with van der Waals surface area (Å²) in [6.45, 7) is 64.0. The number of nitrogens with one attached hydrogen (secondary N) is 1. The molecule has 0 saturated carbocycles. The molecule has 0 spiro atoms. The smallest absolute Gasteiger partial charge is 0.244 e. The highest BCUT2D eigenvalue weighted by atomic mass is 16.3. The van der Waals surface area contributed by atoms with Gasteiger partial charge in [0, 0.05) is 39.6 Å². The van der Waals surface area contributed by atoms with E-state index in [0.717, 1.165) is 74.6 Å². The Morgan fingerprint density at radius 1 is 0.472 bits per heavy atom. The maximum absolute atomic E-state index is 12.8. The predicted molar refractivity (Wildman–Crippen MR) is 459 cm³/mol. The molecular weight excluding hydrogens is 1360 g/mol. The number of aryl methyl sites for hydroxylation is 1. The van der Waals surface area contributed by atoms with E-state index in [0.29, 0.717) is 6.42 Å². The van der Waals surface area contributed by atoms with Crippen LogP contribution in [0.2, 0.25) is 0 Å². The molecule has 28 heteroatoms. The van der Waals surface area contributed by atoms with Gasteiger partial charge in [0.15, 0.2) is 0 Å². The van der Waals surface area contributed by atoms with Crippen LogP contribution in [0.25, 0.3) is 0 Å². The first-order chi connectivity index (χ1) is 48.5. The Bertz CT molecular complexity index is 1680. The number of piperidine rings is 1. The fourth-order valence-corrected chi connectivity index (χ4v) is 5.07. The summed E-state index contributed by atoms with van der Waals surface area (Å²) in [7, 11) is 7.62. The van der Waals surface area contributed by atoms with Gasteiger partial charge in [0.2, 0.25) is 17.7 Å². The molecule has 0 aromatic heterocycles. The van der Waals surface area contributed by atoms with Crippen LogP contribution in [-0.2, 0) is 80.0 Å². The van der Waals surface area contributed by atoms with Crippen molar-refractivity contribution in [1.82, 2.24) is 45.9 Å². The first-order valence-corrected chi connectivity index (χ1v) is 33.6. The monoisotopic (exact) mass is 1530 g/mol. The molecule has 2 aromatic rings. The van der Waals surface area contributed by atoms with Gasteiger partial charge in [-0.15, -0.1) is 0 Å². The molecule has 2 atom stereocenters. The van der Waals surface area contributed by atoms with Gasteiger partial charge in [0.1, 0.15) is 86.8 Å². The summed E-state index contributed by atoms with van der Waals surface area (Å²) in [4.78, 5) is 128. The quantitative estimate of drug-likeness (QED) is 0.0836. The summed E-state index contributed by atoms with van der Waals surface area (Å²) in [5, 5.41) is 10.9. The average molecular weight is 1540 g/mol. The van der Waals surface area contributed by atoms with Gasteiger partial charge in [0.25, 0.3) is 0 Å². The fraction of sp³-hybridized carbons (Fsp3) is 0.615. The molecule has 106 heavy (non-hydrogen) atoms. The Kier molecular flexibility index (Phi) is 316. The topological polar surface area (TPSA) is 583 Å². The van der Waals surface area contributed by atoms with E-state index in [4.69, 9.17) is 63.6 Å². The summed E-state index contributed by atoms with van der Waals surface area (Å²) in [5.74, 6) is 3.00. The molecule has 3 amide bonds. The molecule has 0 unspecified atom stereocenters. The number of hydrogen-bond acceptors (Lipinski definition) is 25. The van der Waals surface area contributed by atoms with Crippen LogP contribution in [0.15, 0.2) is 84.5 Å². The lowest BCUT2D eigenvalue weighted by molar-refractivity contribution is -0.140. The number of carbonyl (C=O) groups is 14. The Balaban J connectivity index is -0.0000000307. The summed E-state index contributed by atoms with van der Waals surface area (Å²) in [6, 6.07) is 18.8. The zero-order chi connectivity index (χ0) is 85.6. The minimum absolute atomic E-state index is 0. The number of likely N-dealkylation sites (tertiary alicyclic amines) is 1. The number of carbonyl (C=O) groups excluding carboxylic acids is 14. The van der Waals surface area contributed by atoms with Gasteiger partial charge in [-0.25, -0.2) is 0 Å². The molecule has 0 radical (unpaired) electrons. The lowest BCUT2D eigenvalue weighted by Crippen LogP contribution is -2.54. The lowest BCUT2D eigenvalue weighted by Gasteiger charge is -2.31. The third kappa shape index (κ3) is 199. The molecule has 1 heterocycles. The largest absolute Gasteiger partial charge is 0.394 e. The van der Waals surface area contributed by atoms with Crippen LogP contribution >= 0.6 is 0 Å². The minimum Gasteiger partial charge on any atom is -0.394 e. The van der Waals surface area contributed by atoms with Crippen LogP contribution in [0.3, 0.4) is 0 Å². The van der Waals surface area contributed by atoms with E-state index in [-0.39, 0.29) is 54.6 Å². The molecule has 28 nitrogen and oxygen atoms in total. The van der Waals surface area contributed by atoms with Gasteiger partial charge in [-0.1, -0.05) is 220 Å². The van der Waals surface area contributed by atoms with Crippen molar-refractivity contribution in [2.75, 3.05) is 54.9 Å². The lowest BCUT2D eigenvalue weighted by atomic mass is 10.0. The van der Waals surface area contributed by atoms with E-state index >= 15 is 0 Å². The van der Waals surface area contributed by atoms with E-state index in [1.54, 1.807) is 27.8 Å². The maximum Gasteiger partial charge on any atom is 0.244 e. The number of allylic oxidation sites excluding steroid dienone is 4. The molecule has 1 aliphatic heterocycles.